The highest BCUT2D eigenvalue weighted by Gasteiger charge is 2.19. The Hall–Kier alpha value is -2.58. The fourth-order valence-corrected chi connectivity index (χ4v) is 3.67. The summed E-state index contributed by atoms with van der Waals surface area (Å²) in [6, 6.07) is 11.8. The van der Waals surface area contributed by atoms with E-state index in [-0.39, 0.29) is 23.5 Å². The lowest BCUT2D eigenvalue weighted by Gasteiger charge is -2.18. The van der Waals surface area contributed by atoms with Gasteiger partial charge < -0.3 is 14.8 Å². The van der Waals surface area contributed by atoms with E-state index in [0.29, 0.717) is 17.1 Å². The molecule has 2 aromatic rings. The molecule has 1 amide bonds. The Bertz CT molecular complexity index is 941. The average molecular weight is 407 g/mol. The van der Waals surface area contributed by atoms with Gasteiger partial charge in [-0.25, -0.2) is 12.7 Å². The fraction of sp³-hybridized carbons (Fsp3) is 0.350. The minimum atomic E-state index is -3.51. The van der Waals surface area contributed by atoms with Gasteiger partial charge in [0.15, 0.2) is 6.61 Å². The zero-order valence-corrected chi connectivity index (χ0v) is 17.5. The predicted octanol–water partition coefficient (Wildman–Crippen LogP) is 2.51. The van der Waals surface area contributed by atoms with Crippen LogP contribution in [0.15, 0.2) is 47.4 Å². The van der Waals surface area contributed by atoms with Crippen LogP contribution in [-0.2, 0) is 14.8 Å². The van der Waals surface area contributed by atoms with Crippen LogP contribution in [0, 0.1) is 6.92 Å². The summed E-state index contributed by atoms with van der Waals surface area (Å²) in [7, 11) is 1.02. The fourth-order valence-electron chi connectivity index (χ4n) is 2.68. The highest BCUT2D eigenvalue weighted by atomic mass is 32.2. The molecule has 0 unspecified atom stereocenters. The van der Waals surface area contributed by atoms with E-state index in [1.54, 1.807) is 20.1 Å². The largest absolute Gasteiger partial charge is 0.496 e. The lowest BCUT2D eigenvalue weighted by Crippen LogP contribution is -2.31. The average Bonchev–Trinajstić information content (AvgIpc) is 2.66. The normalized spacial score (nSPS) is 12.5. The molecular formula is C20H26N2O5S. The molecule has 0 radical (unpaired) electrons. The third-order valence-electron chi connectivity index (χ3n) is 4.27. The summed E-state index contributed by atoms with van der Waals surface area (Å²) in [6.45, 7) is 3.42. The minimum absolute atomic E-state index is 0.177. The summed E-state index contributed by atoms with van der Waals surface area (Å²) in [5.41, 5.74) is 1.50. The molecule has 0 aliphatic carbocycles. The first-order valence-corrected chi connectivity index (χ1v) is 10.2. The van der Waals surface area contributed by atoms with Gasteiger partial charge in [0.05, 0.1) is 18.0 Å². The van der Waals surface area contributed by atoms with E-state index in [2.05, 4.69) is 5.32 Å². The molecule has 8 heteroatoms. The summed E-state index contributed by atoms with van der Waals surface area (Å²) in [4.78, 5) is 12.4. The standard InChI is InChI=1S/C20H26N2O5S/c1-14-12-16(28(24,25)22(3)4)10-11-18(14)27-13-20(23)21-15(2)17-8-6-7-9-19(17)26-5/h6-12,15H,13H2,1-5H3,(H,21,23)/t15-/m1/s1. The third-order valence-corrected chi connectivity index (χ3v) is 6.08. The van der Waals surface area contributed by atoms with Gasteiger partial charge >= 0.3 is 0 Å². The minimum Gasteiger partial charge on any atom is -0.496 e. The summed E-state index contributed by atoms with van der Waals surface area (Å²) in [5.74, 6) is 0.866. The van der Waals surface area contributed by atoms with Crippen LogP contribution in [0.25, 0.3) is 0 Å². The Labute approximate surface area is 166 Å². The second kappa shape index (κ2) is 9.07. The number of hydrogen-bond donors (Lipinski definition) is 1. The first-order chi connectivity index (χ1) is 13.2. The number of carbonyl (C=O) groups excluding carboxylic acids is 1. The van der Waals surface area contributed by atoms with Gasteiger partial charge in [-0.1, -0.05) is 18.2 Å². The number of para-hydroxylation sites is 1. The molecule has 0 saturated carbocycles. The molecule has 0 heterocycles. The van der Waals surface area contributed by atoms with Crippen molar-refractivity contribution in [2.24, 2.45) is 0 Å². The zero-order chi connectivity index (χ0) is 20.9. The van der Waals surface area contributed by atoms with Gasteiger partial charge in [-0.2, -0.15) is 0 Å². The molecule has 7 nitrogen and oxygen atoms in total. The number of amides is 1. The molecule has 1 N–H and O–H groups in total. The van der Waals surface area contributed by atoms with E-state index in [9.17, 15) is 13.2 Å². The van der Waals surface area contributed by atoms with Crippen LogP contribution in [0.4, 0.5) is 0 Å². The number of nitrogens with one attached hydrogen (secondary N) is 1. The Morgan fingerprint density at radius 1 is 1.14 bits per heavy atom. The Morgan fingerprint density at radius 2 is 1.82 bits per heavy atom. The van der Waals surface area contributed by atoms with Crippen LogP contribution in [0.3, 0.4) is 0 Å². The van der Waals surface area contributed by atoms with E-state index in [1.807, 2.05) is 31.2 Å². The number of carbonyl (C=O) groups is 1. The summed E-state index contributed by atoms with van der Waals surface area (Å²) in [5, 5.41) is 2.86. The van der Waals surface area contributed by atoms with Crippen LogP contribution >= 0.6 is 0 Å². The van der Waals surface area contributed by atoms with Gasteiger partial charge in [0, 0.05) is 19.7 Å². The van der Waals surface area contributed by atoms with E-state index in [0.717, 1.165) is 9.87 Å². The monoisotopic (exact) mass is 406 g/mol. The second-order valence-corrected chi connectivity index (χ2v) is 8.69. The highest BCUT2D eigenvalue weighted by molar-refractivity contribution is 7.89. The lowest BCUT2D eigenvalue weighted by molar-refractivity contribution is -0.123. The van der Waals surface area contributed by atoms with E-state index < -0.39 is 10.0 Å². The highest BCUT2D eigenvalue weighted by Crippen LogP contribution is 2.25. The van der Waals surface area contributed by atoms with Crippen LogP contribution in [0.1, 0.15) is 24.1 Å². The van der Waals surface area contributed by atoms with Gasteiger partial charge in [0.1, 0.15) is 11.5 Å². The second-order valence-electron chi connectivity index (χ2n) is 6.53. The number of nitrogens with zero attached hydrogens (tertiary/aromatic N) is 1. The van der Waals surface area contributed by atoms with Gasteiger partial charge in [-0.05, 0) is 43.7 Å². The van der Waals surface area contributed by atoms with Crippen molar-refractivity contribution in [3.63, 3.8) is 0 Å². The van der Waals surface area contributed by atoms with Crippen molar-refractivity contribution in [1.29, 1.82) is 0 Å². The Kier molecular flexibility index (Phi) is 7.04. The Morgan fingerprint density at radius 3 is 2.43 bits per heavy atom. The van der Waals surface area contributed by atoms with Crippen molar-refractivity contribution < 1.29 is 22.7 Å². The van der Waals surface area contributed by atoms with Crippen LogP contribution in [0.2, 0.25) is 0 Å². The number of benzene rings is 2. The number of rotatable bonds is 8. The molecule has 0 aliphatic heterocycles. The molecule has 0 bridgehead atoms. The van der Waals surface area contributed by atoms with E-state index >= 15 is 0 Å². The van der Waals surface area contributed by atoms with Crippen LogP contribution < -0.4 is 14.8 Å². The predicted molar refractivity (Wildman–Crippen MR) is 107 cm³/mol. The van der Waals surface area contributed by atoms with Crippen LogP contribution in [0.5, 0.6) is 11.5 Å². The lowest BCUT2D eigenvalue weighted by atomic mass is 10.1. The maximum Gasteiger partial charge on any atom is 0.258 e. The third kappa shape index (κ3) is 5.02. The maximum atomic E-state index is 12.2. The van der Waals surface area contributed by atoms with E-state index in [1.165, 1.54) is 26.2 Å². The molecule has 0 fully saturated rings. The number of sulfonamides is 1. The summed E-state index contributed by atoms with van der Waals surface area (Å²) >= 11 is 0. The van der Waals surface area contributed by atoms with Crippen molar-refractivity contribution in [1.82, 2.24) is 9.62 Å². The Balaban J connectivity index is 2.01. The quantitative estimate of drug-likeness (QED) is 0.728. The molecule has 0 aliphatic rings. The van der Waals surface area contributed by atoms with Gasteiger partial charge in [-0.3, -0.25) is 4.79 Å². The summed E-state index contributed by atoms with van der Waals surface area (Å²) < 4.78 is 36.4. The molecule has 0 aromatic heterocycles. The van der Waals surface area contributed by atoms with Crippen molar-refractivity contribution in [2.75, 3.05) is 27.8 Å². The van der Waals surface area contributed by atoms with Gasteiger partial charge in [-0.15, -0.1) is 0 Å². The molecule has 2 rings (SSSR count). The number of hydrogen-bond acceptors (Lipinski definition) is 5. The van der Waals surface area contributed by atoms with Crippen LogP contribution in [-0.4, -0.2) is 46.4 Å². The molecular weight excluding hydrogens is 380 g/mol. The van der Waals surface area contributed by atoms with Crippen molar-refractivity contribution in [3.8, 4) is 11.5 Å². The first-order valence-electron chi connectivity index (χ1n) is 8.75. The van der Waals surface area contributed by atoms with Crippen molar-refractivity contribution in [2.45, 2.75) is 24.8 Å². The van der Waals surface area contributed by atoms with Crippen molar-refractivity contribution in [3.05, 3.63) is 53.6 Å². The topological polar surface area (TPSA) is 84.9 Å². The smallest absolute Gasteiger partial charge is 0.258 e. The zero-order valence-electron chi connectivity index (χ0n) is 16.7. The maximum absolute atomic E-state index is 12.2. The van der Waals surface area contributed by atoms with Gasteiger partial charge in [0.2, 0.25) is 10.0 Å². The molecule has 0 spiro atoms. The molecule has 0 saturated heterocycles. The van der Waals surface area contributed by atoms with E-state index in [4.69, 9.17) is 9.47 Å². The first kappa shape index (κ1) is 21.7. The molecule has 2 aromatic carbocycles. The molecule has 28 heavy (non-hydrogen) atoms. The molecule has 1 atom stereocenters. The summed E-state index contributed by atoms with van der Waals surface area (Å²) in [6.07, 6.45) is 0. The number of ether oxygens (including phenoxy) is 2. The number of methoxy groups -OCH3 is 1. The van der Waals surface area contributed by atoms with Crippen molar-refractivity contribution >= 4 is 15.9 Å². The molecule has 152 valence electrons. The number of aryl methyl sites for hydroxylation is 1. The van der Waals surface area contributed by atoms with Gasteiger partial charge in [0.25, 0.3) is 5.91 Å². The SMILES string of the molecule is COc1ccccc1[C@@H](C)NC(=O)COc1ccc(S(=O)(=O)N(C)C)cc1C.